The van der Waals surface area contributed by atoms with Crippen LogP contribution in [0.4, 0.5) is 4.79 Å². The van der Waals surface area contributed by atoms with E-state index in [9.17, 15) is 4.79 Å². The van der Waals surface area contributed by atoms with Gasteiger partial charge in [-0.15, -0.1) is 0 Å². The Labute approximate surface area is 154 Å². The third-order valence-corrected chi connectivity index (χ3v) is 4.30. The summed E-state index contributed by atoms with van der Waals surface area (Å²) in [6.07, 6.45) is 0. The normalized spacial score (nSPS) is 14.8. The van der Waals surface area contributed by atoms with Crippen LogP contribution in [0.2, 0.25) is 0 Å². The number of urea groups is 1. The van der Waals surface area contributed by atoms with Gasteiger partial charge in [-0.1, -0.05) is 54.6 Å². The molecule has 26 heavy (non-hydrogen) atoms. The second kappa shape index (κ2) is 9.91. The van der Waals surface area contributed by atoms with Crippen LogP contribution in [0.15, 0.2) is 54.6 Å². The van der Waals surface area contributed by atoms with Crippen molar-refractivity contribution in [3.63, 3.8) is 0 Å². The van der Waals surface area contributed by atoms with Gasteiger partial charge in [0.2, 0.25) is 0 Å². The maximum Gasteiger partial charge on any atom is 0.338 e. The summed E-state index contributed by atoms with van der Waals surface area (Å²) < 4.78 is 5.40. The molecular formula is C20H25N3O3. The molecular weight excluding hydrogens is 330 g/mol. The first kappa shape index (κ1) is 18.4. The lowest BCUT2D eigenvalue weighted by atomic mass is 10.1. The smallest absolute Gasteiger partial charge is 0.338 e. The highest BCUT2D eigenvalue weighted by Crippen LogP contribution is 2.13. The lowest BCUT2D eigenvalue weighted by Gasteiger charge is -2.27. The maximum atomic E-state index is 11.9. The zero-order chi connectivity index (χ0) is 18.0. The first-order valence-corrected chi connectivity index (χ1v) is 8.88. The van der Waals surface area contributed by atoms with Gasteiger partial charge in [-0.05, 0) is 16.7 Å². The number of hydrogen-bond acceptors (Lipinski definition) is 4. The van der Waals surface area contributed by atoms with Crippen molar-refractivity contribution in [3.05, 3.63) is 71.3 Å². The first-order valence-electron chi connectivity index (χ1n) is 8.88. The number of carbonyl (C=O) groups is 1. The standard InChI is InChI=1S/C20H25N3O3/c24-20(22-26-16-17-6-2-1-3-7-17)21-14-18-8-4-5-9-19(18)15-23-10-12-25-13-11-23/h1-9H,10-16H2,(H2,21,22,24). The van der Waals surface area contributed by atoms with Crippen LogP contribution < -0.4 is 10.8 Å². The number of benzene rings is 2. The van der Waals surface area contributed by atoms with E-state index in [0.29, 0.717) is 13.2 Å². The second-order valence-corrected chi connectivity index (χ2v) is 6.22. The highest BCUT2D eigenvalue weighted by Gasteiger charge is 2.13. The first-order chi connectivity index (χ1) is 12.8. The van der Waals surface area contributed by atoms with Crippen molar-refractivity contribution in [2.45, 2.75) is 19.7 Å². The summed E-state index contributed by atoms with van der Waals surface area (Å²) >= 11 is 0. The Morgan fingerprint density at radius 1 is 1.00 bits per heavy atom. The van der Waals surface area contributed by atoms with Crippen molar-refractivity contribution in [3.8, 4) is 0 Å². The molecule has 2 N–H and O–H groups in total. The van der Waals surface area contributed by atoms with E-state index in [2.05, 4.69) is 21.8 Å². The minimum Gasteiger partial charge on any atom is -0.379 e. The van der Waals surface area contributed by atoms with Gasteiger partial charge in [0, 0.05) is 26.2 Å². The molecule has 2 amide bonds. The largest absolute Gasteiger partial charge is 0.379 e. The average Bonchev–Trinajstić information content (AvgIpc) is 2.69. The Morgan fingerprint density at radius 2 is 1.69 bits per heavy atom. The highest BCUT2D eigenvalue weighted by molar-refractivity contribution is 5.72. The van der Waals surface area contributed by atoms with Crippen LogP contribution in [0.3, 0.4) is 0 Å². The fourth-order valence-electron chi connectivity index (χ4n) is 2.86. The molecule has 1 fully saturated rings. The average molecular weight is 355 g/mol. The molecule has 6 nitrogen and oxygen atoms in total. The molecule has 6 heteroatoms. The third-order valence-electron chi connectivity index (χ3n) is 4.30. The van der Waals surface area contributed by atoms with Crippen LogP contribution in [0.5, 0.6) is 0 Å². The molecule has 0 aliphatic carbocycles. The number of morpholine rings is 1. The minimum absolute atomic E-state index is 0.335. The van der Waals surface area contributed by atoms with Gasteiger partial charge in [0.25, 0.3) is 0 Å². The summed E-state index contributed by atoms with van der Waals surface area (Å²) in [5.41, 5.74) is 5.76. The number of nitrogens with one attached hydrogen (secondary N) is 2. The van der Waals surface area contributed by atoms with Crippen LogP contribution in [0, 0.1) is 0 Å². The molecule has 0 unspecified atom stereocenters. The van der Waals surface area contributed by atoms with E-state index >= 15 is 0 Å². The molecule has 1 heterocycles. The van der Waals surface area contributed by atoms with E-state index < -0.39 is 0 Å². The van der Waals surface area contributed by atoms with Gasteiger partial charge in [-0.2, -0.15) is 0 Å². The summed E-state index contributed by atoms with van der Waals surface area (Å²) in [6, 6.07) is 17.5. The van der Waals surface area contributed by atoms with Gasteiger partial charge in [0.05, 0.1) is 19.8 Å². The molecule has 1 saturated heterocycles. The Bertz CT molecular complexity index is 688. The summed E-state index contributed by atoms with van der Waals surface area (Å²) in [7, 11) is 0. The van der Waals surface area contributed by atoms with Crippen LogP contribution in [0.1, 0.15) is 16.7 Å². The molecule has 0 atom stereocenters. The number of amides is 2. The predicted molar refractivity (Wildman–Crippen MR) is 99.1 cm³/mol. The summed E-state index contributed by atoms with van der Waals surface area (Å²) in [6.45, 7) is 5.10. The number of rotatable bonds is 7. The van der Waals surface area contributed by atoms with Gasteiger partial charge in [0.1, 0.15) is 0 Å². The fraction of sp³-hybridized carbons (Fsp3) is 0.350. The molecule has 2 aromatic carbocycles. The molecule has 2 aromatic rings. The Morgan fingerprint density at radius 3 is 2.46 bits per heavy atom. The van der Waals surface area contributed by atoms with Gasteiger partial charge in [0.15, 0.2) is 0 Å². The maximum absolute atomic E-state index is 11.9. The van der Waals surface area contributed by atoms with Gasteiger partial charge in [-0.3, -0.25) is 9.74 Å². The summed E-state index contributed by atoms with van der Waals surface area (Å²) in [5.74, 6) is 0. The molecule has 0 bridgehead atoms. The molecule has 0 aromatic heterocycles. The fourth-order valence-corrected chi connectivity index (χ4v) is 2.86. The number of hydroxylamine groups is 1. The van der Waals surface area contributed by atoms with Crippen molar-refractivity contribution in [1.29, 1.82) is 0 Å². The number of ether oxygens (including phenoxy) is 1. The number of hydrogen-bond donors (Lipinski definition) is 2. The van der Waals surface area contributed by atoms with Crippen LogP contribution in [-0.2, 0) is 29.3 Å². The summed E-state index contributed by atoms with van der Waals surface area (Å²) in [4.78, 5) is 19.5. The molecule has 3 rings (SSSR count). The zero-order valence-corrected chi connectivity index (χ0v) is 14.8. The van der Waals surface area contributed by atoms with Crippen molar-refractivity contribution in [2.24, 2.45) is 0 Å². The Hall–Kier alpha value is -2.41. The molecule has 0 radical (unpaired) electrons. The van der Waals surface area contributed by atoms with E-state index in [0.717, 1.165) is 44.0 Å². The Balaban J connectivity index is 1.44. The van der Waals surface area contributed by atoms with E-state index in [4.69, 9.17) is 9.57 Å². The van der Waals surface area contributed by atoms with Crippen LogP contribution in [0.25, 0.3) is 0 Å². The van der Waals surface area contributed by atoms with E-state index in [1.54, 1.807) is 0 Å². The van der Waals surface area contributed by atoms with Crippen molar-refractivity contribution >= 4 is 6.03 Å². The van der Waals surface area contributed by atoms with Gasteiger partial charge in [-0.25, -0.2) is 10.3 Å². The highest BCUT2D eigenvalue weighted by atomic mass is 16.7. The second-order valence-electron chi connectivity index (χ2n) is 6.22. The third kappa shape index (κ3) is 5.84. The molecule has 1 aliphatic heterocycles. The lowest BCUT2D eigenvalue weighted by molar-refractivity contribution is 0.0340. The van der Waals surface area contributed by atoms with Crippen molar-refractivity contribution in [2.75, 3.05) is 26.3 Å². The topological polar surface area (TPSA) is 62.8 Å². The summed E-state index contributed by atoms with van der Waals surface area (Å²) in [5, 5.41) is 2.84. The van der Waals surface area contributed by atoms with E-state index in [1.807, 2.05) is 48.5 Å². The SMILES string of the molecule is O=C(NCc1ccccc1CN1CCOCC1)NOCc1ccccc1. The van der Waals surface area contributed by atoms with Gasteiger partial charge < -0.3 is 10.1 Å². The number of carbonyl (C=O) groups excluding carboxylic acids is 1. The lowest BCUT2D eigenvalue weighted by Crippen LogP contribution is -2.37. The molecule has 1 aliphatic rings. The van der Waals surface area contributed by atoms with Crippen LogP contribution >= 0.6 is 0 Å². The number of nitrogens with zero attached hydrogens (tertiary/aromatic N) is 1. The van der Waals surface area contributed by atoms with Gasteiger partial charge >= 0.3 is 6.03 Å². The molecule has 138 valence electrons. The quantitative estimate of drug-likeness (QED) is 0.749. The van der Waals surface area contributed by atoms with Crippen molar-refractivity contribution in [1.82, 2.24) is 15.7 Å². The van der Waals surface area contributed by atoms with E-state index in [-0.39, 0.29) is 6.03 Å². The Kier molecular flexibility index (Phi) is 7.01. The molecule has 0 spiro atoms. The predicted octanol–water partition coefficient (Wildman–Crippen LogP) is 2.45. The van der Waals surface area contributed by atoms with E-state index in [1.165, 1.54) is 5.56 Å². The minimum atomic E-state index is -0.345. The molecule has 0 saturated carbocycles. The van der Waals surface area contributed by atoms with Crippen molar-refractivity contribution < 1.29 is 14.4 Å². The monoisotopic (exact) mass is 355 g/mol. The van der Waals surface area contributed by atoms with Crippen LogP contribution in [-0.4, -0.2) is 37.2 Å². The zero-order valence-electron chi connectivity index (χ0n) is 14.8.